The fraction of sp³-hybridized carbons (Fsp3) is 0.467. The van der Waals surface area contributed by atoms with Crippen LogP contribution in [0.25, 0.3) is 6.08 Å². The van der Waals surface area contributed by atoms with E-state index in [0.29, 0.717) is 18.7 Å². The number of piperidine rings is 1. The SMILES string of the molecule is CC.COc1ccc(CN(C)/C=C\c2cc(NC3CCN(C(=O)OC(C)(C)C)CC3)ccc2C=O)cc1. The summed E-state index contributed by atoms with van der Waals surface area (Å²) >= 11 is 0. The largest absolute Gasteiger partial charge is 0.497 e. The Morgan fingerprint density at radius 3 is 2.30 bits per heavy atom. The first-order valence-electron chi connectivity index (χ1n) is 13.0. The van der Waals surface area contributed by atoms with Crippen molar-refractivity contribution in [1.29, 1.82) is 0 Å². The monoisotopic (exact) mass is 509 g/mol. The second-order valence-electron chi connectivity index (χ2n) is 9.93. The normalized spacial score (nSPS) is 14.0. The van der Waals surface area contributed by atoms with E-state index >= 15 is 0 Å². The van der Waals surface area contributed by atoms with Gasteiger partial charge in [0.2, 0.25) is 0 Å². The quantitative estimate of drug-likeness (QED) is 0.413. The smallest absolute Gasteiger partial charge is 0.410 e. The van der Waals surface area contributed by atoms with Crippen molar-refractivity contribution in [2.24, 2.45) is 0 Å². The average molecular weight is 510 g/mol. The van der Waals surface area contributed by atoms with E-state index in [-0.39, 0.29) is 12.1 Å². The van der Waals surface area contributed by atoms with E-state index in [0.717, 1.165) is 42.7 Å². The maximum Gasteiger partial charge on any atom is 0.410 e. The number of carbonyl (C=O) groups excluding carboxylic acids is 2. The number of carbonyl (C=O) groups is 2. The molecular formula is C30H43N3O4. The van der Waals surface area contributed by atoms with Gasteiger partial charge in [0.05, 0.1) is 7.11 Å². The number of anilines is 1. The molecule has 1 heterocycles. The molecule has 0 aromatic heterocycles. The number of nitrogens with zero attached hydrogens (tertiary/aromatic N) is 2. The Morgan fingerprint density at radius 1 is 1.08 bits per heavy atom. The fourth-order valence-electron chi connectivity index (χ4n) is 3.96. The predicted octanol–water partition coefficient (Wildman–Crippen LogP) is 6.45. The lowest BCUT2D eigenvalue weighted by Crippen LogP contribution is -2.44. The van der Waals surface area contributed by atoms with Gasteiger partial charge in [0, 0.05) is 44.0 Å². The third-order valence-corrected chi connectivity index (χ3v) is 5.83. The summed E-state index contributed by atoms with van der Waals surface area (Å²) in [7, 11) is 3.66. The Hall–Kier alpha value is -3.48. The van der Waals surface area contributed by atoms with Crippen LogP contribution >= 0.6 is 0 Å². The van der Waals surface area contributed by atoms with E-state index in [1.807, 2.05) is 96.4 Å². The Labute approximate surface area is 222 Å². The van der Waals surface area contributed by atoms with Crippen LogP contribution in [-0.4, -0.2) is 61.1 Å². The molecule has 0 aliphatic carbocycles. The van der Waals surface area contributed by atoms with E-state index in [4.69, 9.17) is 9.47 Å². The van der Waals surface area contributed by atoms with Gasteiger partial charge in [-0.25, -0.2) is 4.79 Å². The summed E-state index contributed by atoms with van der Waals surface area (Å²) in [5.41, 5.74) is 3.15. The Kier molecular flexibility index (Phi) is 11.5. The van der Waals surface area contributed by atoms with Crippen molar-refractivity contribution in [2.45, 2.75) is 65.6 Å². The van der Waals surface area contributed by atoms with Gasteiger partial charge >= 0.3 is 6.09 Å². The minimum absolute atomic E-state index is 0.252. The zero-order chi connectivity index (χ0) is 27.4. The third kappa shape index (κ3) is 9.83. The van der Waals surface area contributed by atoms with Crippen molar-refractivity contribution >= 4 is 24.1 Å². The highest BCUT2D eigenvalue weighted by molar-refractivity contribution is 5.83. The molecule has 0 spiro atoms. The third-order valence-electron chi connectivity index (χ3n) is 5.83. The molecule has 3 rings (SSSR count). The molecule has 0 bridgehead atoms. The lowest BCUT2D eigenvalue weighted by Gasteiger charge is -2.34. The lowest BCUT2D eigenvalue weighted by molar-refractivity contribution is 0.0210. The molecule has 0 radical (unpaired) electrons. The highest BCUT2D eigenvalue weighted by atomic mass is 16.6. The van der Waals surface area contributed by atoms with Crippen molar-refractivity contribution in [1.82, 2.24) is 9.80 Å². The van der Waals surface area contributed by atoms with Crippen LogP contribution in [0.2, 0.25) is 0 Å². The molecule has 7 nitrogen and oxygen atoms in total. The van der Waals surface area contributed by atoms with Gasteiger partial charge in [-0.15, -0.1) is 0 Å². The first-order chi connectivity index (χ1) is 17.7. The van der Waals surface area contributed by atoms with E-state index in [1.165, 1.54) is 5.56 Å². The van der Waals surface area contributed by atoms with Crippen LogP contribution in [-0.2, 0) is 11.3 Å². The number of benzene rings is 2. The molecule has 202 valence electrons. The first-order valence-corrected chi connectivity index (χ1v) is 13.0. The molecule has 1 saturated heterocycles. The fourth-order valence-corrected chi connectivity index (χ4v) is 3.96. The van der Waals surface area contributed by atoms with E-state index in [9.17, 15) is 9.59 Å². The molecule has 37 heavy (non-hydrogen) atoms. The van der Waals surface area contributed by atoms with Crippen molar-refractivity contribution < 1.29 is 19.1 Å². The maximum atomic E-state index is 12.3. The highest BCUT2D eigenvalue weighted by Crippen LogP contribution is 2.22. The Bertz CT molecular complexity index is 1020. The van der Waals surface area contributed by atoms with E-state index in [1.54, 1.807) is 12.0 Å². The summed E-state index contributed by atoms with van der Waals surface area (Å²) in [6.07, 6.45) is 6.25. The minimum atomic E-state index is -0.487. The van der Waals surface area contributed by atoms with Crippen LogP contribution < -0.4 is 10.1 Å². The van der Waals surface area contributed by atoms with Crippen LogP contribution in [0.4, 0.5) is 10.5 Å². The molecule has 1 fully saturated rings. The standard InChI is InChI=1S/C28H37N3O4.C2H6/c1-28(2,3)35-27(33)31-16-13-24(14-17-31)29-25-9-8-23(20-32)22(18-25)12-15-30(4)19-21-6-10-26(34-5)11-7-21;1-2/h6-12,15,18,20,24,29H,13-14,16-17,19H2,1-5H3;1-2H3/b15-12-;. The molecule has 2 aromatic carbocycles. The number of rotatable bonds is 8. The number of amides is 1. The zero-order valence-corrected chi connectivity index (χ0v) is 23.4. The van der Waals surface area contributed by atoms with Gasteiger partial charge in [0.1, 0.15) is 11.4 Å². The molecule has 0 unspecified atom stereocenters. The molecule has 1 N–H and O–H groups in total. The average Bonchev–Trinajstić information content (AvgIpc) is 2.88. The van der Waals surface area contributed by atoms with Crippen LogP contribution in [0, 0.1) is 0 Å². The lowest BCUT2D eigenvalue weighted by atomic mass is 10.0. The number of hydrogen-bond donors (Lipinski definition) is 1. The number of ether oxygens (including phenoxy) is 2. The summed E-state index contributed by atoms with van der Waals surface area (Å²) in [4.78, 5) is 27.7. The summed E-state index contributed by atoms with van der Waals surface area (Å²) in [6, 6.07) is 14.0. The Morgan fingerprint density at radius 2 is 1.73 bits per heavy atom. The van der Waals surface area contributed by atoms with Crippen molar-refractivity contribution in [2.75, 3.05) is 32.6 Å². The van der Waals surface area contributed by atoms with Gasteiger partial charge in [0.25, 0.3) is 0 Å². The molecule has 0 atom stereocenters. The maximum absolute atomic E-state index is 12.3. The predicted molar refractivity (Wildman–Crippen MR) is 151 cm³/mol. The molecule has 2 aromatic rings. The van der Waals surface area contributed by atoms with Crippen LogP contribution in [0.15, 0.2) is 48.7 Å². The first kappa shape index (κ1) is 29.7. The van der Waals surface area contributed by atoms with Crippen LogP contribution in [0.1, 0.15) is 68.9 Å². The topological polar surface area (TPSA) is 71.1 Å². The summed E-state index contributed by atoms with van der Waals surface area (Å²) in [5, 5.41) is 3.56. The number of hydrogen-bond acceptors (Lipinski definition) is 6. The second-order valence-corrected chi connectivity index (χ2v) is 9.93. The minimum Gasteiger partial charge on any atom is -0.497 e. The number of nitrogens with one attached hydrogen (secondary N) is 1. The molecule has 1 aliphatic heterocycles. The summed E-state index contributed by atoms with van der Waals surface area (Å²) < 4.78 is 10.7. The van der Waals surface area contributed by atoms with Gasteiger partial charge in [-0.05, 0) is 87.3 Å². The number of likely N-dealkylation sites (tertiary alicyclic amines) is 1. The number of methoxy groups -OCH3 is 1. The van der Waals surface area contributed by atoms with E-state index in [2.05, 4.69) is 10.2 Å². The van der Waals surface area contributed by atoms with Gasteiger partial charge in [0.15, 0.2) is 6.29 Å². The summed E-state index contributed by atoms with van der Waals surface area (Å²) in [5.74, 6) is 0.836. The summed E-state index contributed by atoms with van der Waals surface area (Å²) in [6.45, 7) is 11.7. The molecule has 7 heteroatoms. The van der Waals surface area contributed by atoms with Crippen molar-refractivity contribution in [3.8, 4) is 5.75 Å². The van der Waals surface area contributed by atoms with Gasteiger partial charge in [-0.3, -0.25) is 4.79 Å². The van der Waals surface area contributed by atoms with Crippen molar-refractivity contribution in [3.05, 3.63) is 65.4 Å². The van der Waals surface area contributed by atoms with Gasteiger partial charge in [-0.1, -0.05) is 26.0 Å². The molecule has 0 saturated carbocycles. The zero-order valence-electron chi connectivity index (χ0n) is 23.4. The van der Waals surface area contributed by atoms with Gasteiger partial charge in [-0.2, -0.15) is 0 Å². The highest BCUT2D eigenvalue weighted by Gasteiger charge is 2.26. The number of aldehydes is 1. The van der Waals surface area contributed by atoms with Crippen molar-refractivity contribution in [3.63, 3.8) is 0 Å². The molecular weight excluding hydrogens is 466 g/mol. The van der Waals surface area contributed by atoms with Gasteiger partial charge < -0.3 is 24.6 Å². The Balaban J connectivity index is 0.00000235. The van der Waals surface area contributed by atoms with Crippen LogP contribution in [0.3, 0.4) is 0 Å². The van der Waals surface area contributed by atoms with Crippen LogP contribution in [0.5, 0.6) is 5.75 Å². The second kappa shape index (κ2) is 14.3. The van der Waals surface area contributed by atoms with E-state index < -0.39 is 5.60 Å². The molecule has 1 amide bonds. The molecule has 1 aliphatic rings.